The number of aromatic nitrogens is 2. The van der Waals surface area contributed by atoms with Crippen molar-refractivity contribution in [1.29, 1.82) is 0 Å². The van der Waals surface area contributed by atoms with Crippen LogP contribution in [0.25, 0.3) is 5.69 Å². The molecule has 0 radical (unpaired) electrons. The third-order valence-electron chi connectivity index (χ3n) is 6.49. The van der Waals surface area contributed by atoms with E-state index in [2.05, 4.69) is 10.4 Å². The predicted octanol–water partition coefficient (Wildman–Crippen LogP) is 3.83. The van der Waals surface area contributed by atoms with E-state index in [-0.39, 0.29) is 41.7 Å². The van der Waals surface area contributed by atoms with E-state index in [0.717, 1.165) is 25.7 Å². The van der Waals surface area contributed by atoms with Gasteiger partial charge in [0.1, 0.15) is 0 Å². The fourth-order valence-electron chi connectivity index (χ4n) is 4.90. The second kappa shape index (κ2) is 8.16. The van der Waals surface area contributed by atoms with Crippen LogP contribution in [-0.4, -0.2) is 33.6 Å². The second-order valence-corrected chi connectivity index (χ2v) is 9.81. The molecule has 2 aliphatic rings. The molecule has 0 aliphatic heterocycles. The first-order valence-electron chi connectivity index (χ1n) is 11.1. The number of carbonyl (C=O) groups excluding carboxylic acids is 2. The molecule has 33 heavy (non-hydrogen) atoms. The van der Waals surface area contributed by atoms with Crippen LogP contribution in [0.3, 0.4) is 0 Å². The maximum atomic E-state index is 13.8. The molecule has 178 valence electrons. The van der Waals surface area contributed by atoms with Gasteiger partial charge in [-0.05, 0) is 42.9 Å². The summed E-state index contributed by atoms with van der Waals surface area (Å²) in [7, 11) is 0. The molecule has 0 bridgehead atoms. The van der Waals surface area contributed by atoms with Gasteiger partial charge in [-0.25, -0.2) is 4.68 Å². The van der Waals surface area contributed by atoms with E-state index in [1.54, 1.807) is 6.07 Å². The molecule has 1 saturated carbocycles. The standard InChI is InChI=1S/C23H28F3N5O2/c1-22(2)10-17-19(18(32)11-22)20(23(24,25)26)30-31(17)12-7-8-13(21(28)33)16(9-12)29-15-6-4-3-5-14(15)27/h7-9,14-15,29H,3-6,10-11,27H2,1-2H3,(H2,28,33)/t14-,15+/m0/s1. The summed E-state index contributed by atoms with van der Waals surface area (Å²) in [5, 5.41) is 7.11. The molecule has 1 fully saturated rings. The van der Waals surface area contributed by atoms with Gasteiger partial charge in [0.2, 0.25) is 0 Å². The van der Waals surface area contributed by atoms with Gasteiger partial charge in [-0.3, -0.25) is 9.59 Å². The normalized spacial score (nSPS) is 22.7. The van der Waals surface area contributed by atoms with E-state index in [0.29, 0.717) is 11.4 Å². The largest absolute Gasteiger partial charge is 0.435 e. The average Bonchev–Trinajstić information content (AvgIpc) is 3.08. The van der Waals surface area contributed by atoms with Gasteiger partial charge in [0.05, 0.1) is 22.5 Å². The molecule has 0 saturated heterocycles. The summed E-state index contributed by atoms with van der Waals surface area (Å²) in [4.78, 5) is 24.7. The van der Waals surface area contributed by atoms with Gasteiger partial charge in [-0.15, -0.1) is 0 Å². The number of hydrogen-bond donors (Lipinski definition) is 3. The Kier molecular flexibility index (Phi) is 5.76. The molecule has 2 aliphatic carbocycles. The topological polar surface area (TPSA) is 116 Å². The minimum Gasteiger partial charge on any atom is -0.380 e. The number of Topliss-reactive ketones (excluding diaryl/α,β-unsaturated/α-hetero) is 1. The second-order valence-electron chi connectivity index (χ2n) is 9.81. The van der Waals surface area contributed by atoms with E-state index < -0.39 is 29.0 Å². The summed E-state index contributed by atoms with van der Waals surface area (Å²) in [6.45, 7) is 3.68. The lowest BCUT2D eigenvalue weighted by atomic mass is 9.75. The zero-order valence-corrected chi connectivity index (χ0v) is 18.6. The van der Waals surface area contributed by atoms with Crippen LogP contribution in [0.5, 0.6) is 0 Å². The van der Waals surface area contributed by atoms with Gasteiger partial charge in [-0.2, -0.15) is 18.3 Å². The minimum absolute atomic E-state index is 0.0156. The van der Waals surface area contributed by atoms with Crippen molar-refractivity contribution in [2.75, 3.05) is 5.32 Å². The van der Waals surface area contributed by atoms with Crippen molar-refractivity contribution in [2.24, 2.45) is 16.9 Å². The van der Waals surface area contributed by atoms with Crippen LogP contribution in [0.15, 0.2) is 18.2 Å². The van der Waals surface area contributed by atoms with Gasteiger partial charge in [0.25, 0.3) is 5.91 Å². The van der Waals surface area contributed by atoms with Gasteiger partial charge in [-0.1, -0.05) is 26.7 Å². The molecule has 5 N–H and O–H groups in total. The highest BCUT2D eigenvalue weighted by atomic mass is 19.4. The molecule has 2 aromatic rings. The number of primary amides is 1. The van der Waals surface area contributed by atoms with Crippen LogP contribution in [0.2, 0.25) is 0 Å². The number of nitrogens with zero attached hydrogens (tertiary/aromatic N) is 2. The Morgan fingerprint density at radius 1 is 1.21 bits per heavy atom. The highest BCUT2D eigenvalue weighted by Crippen LogP contribution is 2.42. The van der Waals surface area contributed by atoms with Gasteiger partial charge < -0.3 is 16.8 Å². The number of anilines is 1. The molecule has 7 nitrogen and oxygen atoms in total. The summed E-state index contributed by atoms with van der Waals surface area (Å²) in [5.41, 5.74) is 10.8. The summed E-state index contributed by atoms with van der Waals surface area (Å²) in [6, 6.07) is 4.30. The number of hydrogen-bond acceptors (Lipinski definition) is 5. The zero-order valence-electron chi connectivity index (χ0n) is 18.6. The predicted molar refractivity (Wildman–Crippen MR) is 117 cm³/mol. The third-order valence-corrected chi connectivity index (χ3v) is 6.49. The molecule has 2 atom stereocenters. The maximum Gasteiger partial charge on any atom is 0.435 e. The number of benzene rings is 1. The van der Waals surface area contributed by atoms with Crippen molar-refractivity contribution in [3.05, 3.63) is 40.7 Å². The van der Waals surface area contributed by atoms with Gasteiger partial charge >= 0.3 is 6.18 Å². The number of alkyl halides is 3. The SMILES string of the molecule is CC1(C)CC(=O)c2c(C(F)(F)F)nn(-c3ccc(C(N)=O)c(N[C@@H]4CCCC[C@@H]4N)c3)c2C1. The van der Waals surface area contributed by atoms with Crippen molar-refractivity contribution in [2.45, 2.75) is 70.6 Å². The molecule has 0 spiro atoms. The Labute approximate surface area is 189 Å². The van der Waals surface area contributed by atoms with Crippen LogP contribution < -0.4 is 16.8 Å². The summed E-state index contributed by atoms with van der Waals surface area (Å²) >= 11 is 0. The number of nitrogens with one attached hydrogen (secondary N) is 1. The Bertz CT molecular complexity index is 1110. The maximum absolute atomic E-state index is 13.8. The Balaban J connectivity index is 1.84. The van der Waals surface area contributed by atoms with Crippen molar-refractivity contribution in [3.63, 3.8) is 0 Å². The lowest BCUT2D eigenvalue weighted by Crippen LogP contribution is -2.43. The first-order chi connectivity index (χ1) is 15.4. The van der Waals surface area contributed by atoms with Crippen LogP contribution in [0.4, 0.5) is 18.9 Å². The van der Waals surface area contributed by atoms with Crippen LogP contribution >= 0.6 is 0 Å². The number of halogens is 3. The Morgan fingerprint density at radius 2 is 1.91 bits per heavy atom. The van der Waals surface area contributed by atoms with E-state index in [9.17, 15) is 22.8 Å². The van der Waals surface area contributed by atoms with Crippen molar-refractivity contribution in [3.8, 4) is 5.69 Å². The summed E-state index contributed by atoms with van der Waals surface area (Å²) in [5.74, 6) is -1.23. The van der Waals surface area contributed by atoms with Crippen LogP contribution in [0.1, 0.15) is 78.1 Å². The molecule has 4 rings (SSSR count). The monoisotopic (exact) mass is 463 g/mol. The number of amides is 1. The van der Waals surface area contributed by atoms with E-state index in [1.807, 2.05) is 13.8 Å². The molecule has 1 aromatic carbocycles. The van der Waals surface area contributed by atoms with Crippen molar-refractivity contribution in [1.82, 2.24) is 9.78 Å². The number of nitrogens with two attached hydrogens (primary N) is 2. The first kappa shape index (κ1) is 23.3. The smallest absolute Gasteiger partial charge is 0.380 e. The Morgan fingerprint density at radius 3 is 2.55 bits per heavy atom. The van der Waals surface area contributed by atoms with Gasteiger partial charge in [0.15, 0.2) is 11.5 Å². The van der Waals surface area contributed by atoms with Crippen LogP contribution in [-0.2, 0) is 12.6 Å². The highest BCUT2D eigenvalue weighted by Gasteiger charge is 2.45. The quantitative estimate of drug-likeness (QED) is 0.637. The molecule has 1 heterocycles. The average molecular weight is 464 g/mol. The van der Waals surface area contributed by atoms with E-state index in [4.69, 9.17) is 11.5 Å². The summed E-state index contributed by atoms with van der Waals surface area (Å²) < 4.78 is 42.4. The van der Waals surface area contributed by atoms with Crippen LogP contribution in [0, 0.1) is 5.41 Å². The van der Waals surface area contributed by atoms with Crippen molar-refractivity contribution >= 4 is 17.4 Å². The van der Waals surface area contributed by atoms with Crippen molar-refractivity contribution < 1.29 is 22.8 Å². The third kappa shape index (κ3) is 4.48. The minimum atomic E-state index is -4.77. The molecule has 0 unspecified atom stereocenters. The van der Waals surface area contributed by atoms with Gasteiger partial charge in [0, 0.05) is 24.2 Å². The number of ketones is 1. The fourth-order valence-corrected chi connectivity index (χ4v) is 4.90. The van der Waals surface area contributed by atoms with E-state index >= 15 is 0 Å². The number of rotatable bonds is 4. The molecular formula is C23H28F3N5O2. The lowest BCUT2D eigenvalue weighted by molar-refractivity contribution is -0.141. The summed E-state index contributed by atoms with van der Waals surface area (Å²) in [6.07, 6.45) is -0.854. The molecule has 1 aromatic heterocycles. The fraction of sp³-hybridized carbons (Fsp3) is 0.522. The zero-order chi connectivity index (χ0) is 24.1. The molecular weight excluding hydrogens is 435 g/mol. The number of carbonyl (C=O) groups is 2. The molecule has 10 heteroatoms. The van der Waals surface area contributed by atoms with E-state index in [1.165, 1.54) is 16.8 Å². The lowest BCUT2D eigenvalue weighted by Gasteiger charge is -2.31. The first-order valence-corrected chi connectivity index (χ1v) is 11.1. The Hall–Kier alpha value is -2.88. The molecule has 1 amide bonds. The number of fused-ring (bicyclic) bond motifs is 1. The highest BCUT2D eigenvalue weighted by molar-refractivity contribution is 6.00.